The van der Waals surface area contributed by atoms with Gasteiger partial charge in [-0.3, -0.25) is 0 Å². The van der Waals surface area contributed by atoms with Crippen molar-refractivity contribution < 1.29 is 4.84 Å². The molecule has 3 nitrogen and oxygen atoms in total. The Morgan fingerprint density at radius 2 is 1.81 bits per heavy atom. The quantitative estimate of drug-likeness (QED) is 0.422. The highest BCUT2D eigenvalue weighted by Crippen LogP contribution is 2.40. The van der Waals surface area contributed by atoms with E-state index in [9.17, 15) is 0 Å². The fourth-order valence-corrected chi connectivity index (χ4v) is 1.42. The van der Waals surface area contributed by atoms with Crippen molar-refractivity contribution >= 4 is 5.71 Å². The second-order valence-corrected chi connectivity index (χ2v) is 3.90. The molecule has 0 aromatic rings. The van der Waals surface area contributed by atoms with E-state index in [1.165, 1.54) is 19.5 Å². The summed E-state index contributed by atoms with van der Waals surface area (Å²) in [6, 6.07) is 0. The zero-order chi connectivity index (χ0) is 12.4. The summed E-state index contributed by atoms with van der Waals surface area (Å²) in [6.45, 7) is 12.0. The number of oxime groups is 1. The Bertz CT molecular complexity index is 251. The molecule has 2 unspecified atom stereocenters. The van der Waals surface area contributed by atoms with Gasteiger partial charge in [-0.25, -0.2) is 0 Å². The highest BCUT2D eigenvalue weighted by Gasteiger charge is 2.40. The third kappa shape index (κ3) is 7.30. The van der Waals surface area contributed by atoms with Crippen molar-refractivity contribution in [2.24, 2.45) is 17.0 Å². The molecule has 92 valence electrons. The molecule has 1 aliphatic heterocycles. The van der Waals surface area contributed by atoms with Crippen LogP contribution in [-0.4, -0.2) is 18.8 Å². The first-order chi connectivity index (χ1) is 7.74. The minimum absolute atomic E-state index is 0.868. The summed E-state index contributed by atoms with van der Waals surface area (Å²) in [4.78, 5) is 4.47. The van der Waals surface area contributed by atoms with Crippen LogP contribution in [0.25, 0.3) is 0 Å². The molecule has 1 N–H and O–H groups in total. The largest absolute Gasteiger partial charge is 0.316 e. The summed E-state index contributed by atoms with van der Waals surface area (Å²) < 4.78 is 0. The summed E-state index contributed by atoms with van der Waals surface area (Å²) in [6.07, 6.45) is 3.86. The Morgan fingerprint density at radius 3 is 2.06 bits per heavy atom. The van der Waals surface area contributed by atoms with Gasteiger partial charge in [-0.1, -0.05) is 24.9 Å². The van der Waals surface area contributed by atoms with Gasteiger partial charge in [0.15, 0.2) is 0 Å². The van der Waals surface area contributed by atoms with Crippen LogP contribution < -0.4 is 5.32 Å². The number of rotatable bonds is 1. The molecule has 0 spiro atoms. The first-order valence-corrected chi connectivity index (χ1v) is 6.03. The lowest BCUT2D eigenvalue weighted by Crippen LogP contribution is -2.10. The number of hydrogen-bond acceptors (Lipinski definition) is 3. The van der Waals surface area contributed by atoms with Crippen molar-refractivity contribution in [3.05, 3.63) is 0 Å². The number of nitrogens with zero attached hydrogens (tertiary/aromatic N) is 1. The molecule has 2 atom stereocenters. The van der Waals surface area contributed by atoms with Gasteiger partial charge in [-0.15, -0.1) is 0 Å². The molecule has 1 saturated heterocycles. The SMILES string of the molecule is C1NCC2CC12.CC.CC#CON=C(C)C. The van der Waals surface area contributed by atoms with Gasteiger partial charge in [-0.05, 0) is 45.2 Å². The normalized spacial score (nSPS) is 23.1. The Balaban J connectivity index is 0.000000247. The van der Waals surface area contributed by atoms with E-state index in [0.29, 0.717) is 0 Å². The number of fused-ring (bicyclic) bond motifs is 1. The van der Waals surface area contributed by atoms with Crippen molar-refractivity contribution in [3.63, 3.8) is 0 Å². The lowest BCUT2D eigenvalue weighted by Gasteiger charge is -1.87. The molecular formula is C13H24N2O. The lowest BCUT2D eigenvalue weighted by molar-refractivity contribution is 0.298. The van der Waals surface area contributed by atoms with Crippen molar-refractivity contribution in [2.45, 2.75) is 41.0 Å². The van der Waals surface area contributed by atoms with E-state index in [4.69, 9.17) is 0 Å². The summed E-state index contributed by atoms with van der Waals surface area (Å²) in [5, 5.41) is 6.88. The Kier molecular flexibility index (Phi) is 8.65. The topological polar surface area (TPSA) is 33.6 Å². The summed E-state index contributed by atoms with van der Waals surface area (Å²) in [5.41, 5.74) is 0.868. The van der Waals surface area contributed by atoms with Crippen LogP contribution >= 0.6 is 0 Å². The molecular weight excluding hydrogens is 200 g/mol. The van der Waals surface area contributed by atoms with Gasteiger partial charge in [0.2, 0.25) is 0 Å². The molecule has 2 rings (SSSR count). The van der Waals surface area contributed by atoms with Crippen LogP contribution in [0.5, 0.6) is 0 Å². The maximum absolute atomic E-state index is 4.47. The smallest absolute Gasteiger partial charge is 0.148 e. The predicted molar refractivity (Wildman–Crippen MR) is 69.1 cm³/mol. The van der Waals surface area contributed by atoms with Crippen LogP contribution in [0.3, 0.4) is 0 Å². The molecule has 1 saturated carbocycles. The molecule has 16 heavy (non-hydrogen) atoms. The van der Waals surface area contributed by atoms with E-state index in [2.05, 4.69) is 27.3 Å². The molecule has 0 aromatic heterocycles. The van der Waals surface area contributed by atoms with Crippen molar-refractivity contribution in [2.75, 3.05) is 13.1 Å². The Hall–Kier alpha value is -1.01. The predicted octanol–water partition coefficient (Wildman–Crippen LogP) is 2.63. The first-order valence-electron chi connectivity index (χ1n) is 6.03. The summed E-state index contributed by atoms with van der Waals surface area (Å²) in [7, 11) is 0. The van der Waals surface area contributed by atoms with Crippen LogP contribution in [0.1, 0.15) is 41.0 Å². The highest BCUT2D eigenvalue weighted by atomic mass is 16.6. The second kappa shape index (κ2) is 9.23. The Labute approximate surface area is 99.6 Å². The van der Waals surface area contributed by atoms with E-state index >= 15 is 0 Å². The van der Waals surface area contributed by atoms with Crippen LogP contribution in [0.2, 0.25) is 0 Å². The third-order valence-corrected chi connectivity index (χ3v) is 2.26. The lowest BCUT2D eigenvalue weighted by atomic mass is 10.4. The molecule has 3 heteroatoms. The van der Waals surface area contributed by atoms with Crippen LogP contribution in [0.4, 0.5) is 0 Å². The molecule has 0 radical (unpaired) electrons. The second-order valence-electron chi connectivity index (χ2n) is 3.90. The molecule has 1 heterocycles. The number of nitrogens with one attached hydrogen (secondary N) is 1. The van der Waals surface area contributed by atoms with Gasteiger partial charge in [0.25, 0.3) is 0 Å². The average Bonchev–Trinajstić information content (AvgIpc) is 2.89. The Morgan fingerprint density at radius 1 is 1.25 bits per heavy atom. The van der Waals surface area contributed by atoms with Gasteiger partial charge in [0.1, 0.15) is 6.11 Å². The average molecular weight is 224 g/mol. The van der Waals surface area contributed by atoms with Gasteiger partial charge < -0.3 is 10.2 Å². The molecule has 0 amide bonds. The van der Waals surface area contributed by atoms with E-state index in [0.717, 1.165) is 17.5 Å². The molecule has 2 fully saturated rings. The van der Waals surface area contributed by atoms with Gasteiger partial charge in [0.05, 0.1) is 5.71 Å². The van der Waals surface area contributed by atoms with E-state index < -0.39 is 0 Å². The standard InChI is InChI=1S/C6H9NO.C5H9N.C2H6/c1-4-5-8-7-6(2)3;1-4-2-6-3-5(1)4;1-2/h1-3H3;4-6H,1-3H2;1-2H3. The maximum Gasteiger partial charge on any atom is 0.148 e. The zero-order valence-corrected chi connectivity index (χ0v) is 11.1. The van der Waals surface area contributed by atoms with E-state index in [1.54, 1.807) is 6.92 Å². The minimum Gasteiger partial charge on any atom is -0.316 e. The van der Waals surface area contributed by atoms with E-state index in [1.807, 2.05) is 27.7 Å². The summed E-state index contributed by atoms with van der Waals surface area (Å²) in [5.74, 6) is 4.75. The number of hydrogen-bond donors (Lipinski definition) is 1. The van der Waals surface area contributed by atoms with Crippen molar-refractivity contribution in [3.8, 4) is 12.0 Å². The van der Waals surface area contributed by atoms with Gasteiger partial charge in [-0.2, -0.15) is 0 Å². The van der Waals surface area contributed by atoms with Crippen LogP contribution in [0, 0.1) is 23.9 Å². The minimum atomic E-state index is 0.868. The summed E-state index contributed by atoms with van der Waals surface area (Å²) >= 11 is 0. The first kappa shape index (κ1) is 15.0. The third-order valence-electron chi connectivity index (χ3n) is 2.26. The van der Waals surface area contributed by atoms with Crippen molar-refractivity contribution in [1.29, 1.82) is 0 Å². The van der Waals surface area contributed by atoms with Crippen molar-refractivity contribution in [1.82, 2.24) is 5.32 Å². The molecule has 0 aromatic carbocycles. The molecule has 1 aliphatic carbocycles. The fourth-order valence-electron chi connectivity index (χ4n) is 1.42. The van der Waals surface area contributed by atoms with Crippen LogP contribution in [-0.2, 0) is 4.84 Å². The maximum atomic E-state index is 4.47. The van der Waals surface area contributed by atoms with E-state index in [-0.39, 0.29) is 0 Å². The monoisotopic (exact) mass is 224 g/mol. The number of piperidine rings is 1. The van der Waals surface area contributed by atoms with Gasteiger partial charge in [0, 0.05) is 6.92 Å². The molecule has 2 aliphatic rings. The van der Waals surface area contributed by atoms with Gasteiger partial charge >= 0.3 is 0 Å². The highest BCUT2D eigenvalue weighted by molar-refractivity contribution is 5.78. The zero-order valence-electron chi connectivity index (χ0n) is 11.1. The van der Waals surface area contributed by atoms with Crippen LogP contribution in [0.15, 0.2) is 5.16 Å². The fraction of sp³-hybridized carbons (Fsp3) is 0.769. The molecule has 0 bridgehead atoms.